The van der Waals surface area contributed by atoms with E-state index in [1.807, 2.05) is 6.92 Å². The van der Waals surface area contributed by atoms with Crippen molar-refractivity contribution in [3.8, 4) is 5.75 Å². The molecule has 134 valence electrons. The van der Waals surface area contributed by atoms with Crippen molar-refractivity contribution in [1.82, 2.24) is 10.6 Å². The summed E-state index contributed by atoms with van der Waals surface area (Å²) >= 11 is 9.21. The van der Waals surface area contributed by atoms with Gasteiger partial charge in [0.15, 0.2) is 0 Å². The molecule has 0 fully saturated rings. The molecule has 0 aliphatic carbocycles. The standard InChI is InChI=1S/C16H22BrClN2O4/c1-5-12(10-6-9(18)7-11(17)14(10)22)20-13(21)8-19-15(23)24-16(2,3)4/h6-7,12,22H,5,8H2,1-4H3,(H,19,23)(H,20,21). The fraction of sp³-hybridized carbons (Fsp3) is 0.500. The third kappa shape index (κ3) is 6.57. The molecule has 0 saturated heterocycles. The Bertz CT molecular complexity index is 617. The normalized spacial score (nSPS) is 12.4. The fourth-order valence-electron chi connectivity index (χ4n) is 1.96. The van der Waals surface area contributed by atoms with Crippen LogP contribution in [0, 0.1) is 0 Å². The molecule has 1 unspecified atom stereocenters. The number of hydrogen-bond acceptors (Lipinski definition) is 4. The molecular formula is C16H22BrClN2O4. The van der Waals surface area contributed by atoms with Crippen LogP contribution in [0.1, 0.15) is 45.7 Å². The van der Waals surface area contributed by atoms with Crippen LogP contribution in [0.15, 0.2) is 16.6 Å². The smallest absolute Gasteiger partial charge is 0.408 e. The van der Waals surface area contributed by atoms with Crippen molar-refractivity contribution in [2.75, 3.05) is 6.54 Å². The Balaban J connectivity index is 2.69. The van der Waals surface area contributed by atoms with E-state index < -0.39 is 23.6 Å². The number of carbonyl (C=O) groups is 2. The maximum atomic E-state index is 12.0. The van der Waals surface area contributed by atoms with E-state index in [0.717, 1.165) is 0 Å². The van der Waals surface area contributed by atoms with E-state index in [1.165, 1.54) is 0 Å². The molecular weight excluding hydrogens is 400 g/mol. The number of ether oxygens (including phenoxy) is 1. The first kappa shape index (κ1) is 20.6. The second kappa shape index (κ2) is 8.58. The third-order valence-electron chi connectivity index (χ3n) is 2.97. The molecule has 2 amide bonds. The molecule has 1 atom stereocenters. The van der Waals surface area contributed by atoms with E-state index in [9.17, 15) is 14.7 Å². The third-order valence-corrected chi connectivity index (χ3v) is 3.79. The summed E-state index contributed by atoms with van der Waals surface area (Å²) in [5.41, 5.74) is -0.131. The Hall–Kier alpha value is -1.47. The van der Waals surface area contributed by atoms with E-state index in [-0.39, 0.29) is 12.3 Å². The molecule has 0 aliphatic rings. The van der Waals surface area contributed by atoms with Crippen LogP contribution in [0.2, 0.25) is 5.02 Å². The fourth-order valence-corrected chi connectivity index (χ4v) is 2.80. The van der Waals surface area contributed by atoms with Gasteiger partial charge in [-0.3, -0.25) is 4.79 Å². The monoisotopic (exact) mass is 420 g/mol. The Morgan fingerprint density at radius 2 is 2.00 bits per heavy atom. The van der Waals surface area contributed by atoms with Crippen molar-refractivity contribution in [3.05, 3.63) is 27.2 Å². The SMILES string of the molecule is CCC(NC(=O)CNC(=O)OC(C)(C)C)c1cc(Cl)cc(Br)c1O. The van der Waals surface area contributed by atoms with Crippen LogP contribution in [0.5, 0.6) is 5.75 Å². The Kier molecular flexibility index (Phi) is 7.35. The largest absolute Gasteiger partial charge is 0.506 e. The van der Waals surface area contributed by atoms with Gasteiger partial charge in [0.05, 0.1) is 10.5 Å². The highest BCUT2D eigenvalue weighted by molar-refractivity contribution is 9.10. The van der Waals surface area contributed by atoms with Crippen LogP contribution in [-0.4, -0.2) is 29.3 Å². The lowest BCUT2D eigenvalue weighted by molar-refractivity contribution is -0.121. The zero-order chi connectivity index (χ0) is 18.5. The van der Waals surface area contributed by atoms with Crippen molar-refractivity contribution in [2.24, 2.45) is 0 Å². The maximum absolute atomic E-state index is 12.0. The van der Waals surface area contributed by atoms with E-state index in [1.54, 1.807) is 32.9 Å². The minimum absolute atomic E-state index is 0.0200. The first-order chi connectivity index (χ1) is 11.0. The summed E-state index contributed by atoms with van der Waals surface area (Å²) < 4.78 is 5.51. The van der Waals surface area contributed by atoms with Crippen molar-refractivity contribution in [1.29, 1.82) is 0 Å². The van der Waals surface area contributed by atoms with Crippen LogP contribution >= 0.6 is 27.5 Å². The first-order valence-electron chi connectivity index (χ1n) is 7.47. The van der Waals surface area contributed by atoms with E-state index in [4.69, 9.17) is 16.3 Å². The minimum atomic E-state index is -0.668. The molecule has 6 nitrogen and oxygen atoms in total. The lowest BCUT2D eigenvalue weighted by Crippen LogP contribution is -2.40. The lowest BCUT2D eigenvalue weighted by Gasteiger charge is -2.21. The number of phenols is 1. The minimum Gasteiger partial charge on any atom is -0.506 e. The molecule has 0 heterocycles. The average Bonchev–Trinajstić information content (AvgIpc) is 2.44. The van der Waals surface area contributed by atoms with Crippen molar-refractivity contribution in [2.45, 2.75) is 45.8 Å². The highest BCUT2D eigenvalue weighted by atomic mass is 79.9. The number of carbonyl (C=O) groups excluding carboxylic acids is 2. The average molecular weight is 422 g/mol. The maximum Gasteiger partial charge on any atom is 0.408 e. The Morgan fingerprint density at radius 1 is 1.38 bits per heavy atom. The predicted octanol–water partition coefficient (Wildman–Crippen LogP) is 3.90. The summed E-state index contributed by atoms with van der Waals surface area (Å²) in [4.78, 5) is 23.6. The van der Waals surface area contributed by atoms with E-state index in [0.29, 0.717) is 21.5 Å². The van der Waals surface area contributed by atoms with Gasteiger partial charge in [-0.25, -0.2) is 4.79 Å². The molecule has 1 rings (SSSR count). The number of phenolic OH excluding ortho intramolecular Hbond substituents is 1. The van der Waals surface area contributed by atoms with Crippen LogP contribution in [-0.2, 0) is 9.53 Å². The highest BCUT2D eigenvalue weighted by Gasteiger charge is 2.20. The molecule has 0 aromatic heterocycles. The summed E-state index contributed by atoms with van der Waals surface area (Å²) in [6.45, 7) is 6.84. The van der Waals surface area contributed by atoms with E-state index >= 15 is 0 Å². The van der Waals surface area contributed by atoms with Crippen LogP contribution in [0.4, 0.5) is 4.79 Å². The second-order valence-electron chi connectivity index (χ2n) is 6.21. The number of alkyl carbamates (subject to hydrolysis) is 1. The van der Waals surface area contributed by atoms with Crippen LogP contribution in [0.25, 0.3) is 0 Å². The van der Waals surface area contributed by atoms with Gasteiger partial charge in [0.1, 0.15) is 17.9 Å². The zero-order valence-electron chi connectivity index (χ0n) is 14.1. The summed E-state index contributed by atoms with van der Waals surface area (Å²) in [6.07, 6.45) is -0.127. The number of benzene rings is 1. The molecule has 0 aliphatic heterocycles. The van der Waals surface area contributed by atoms with Gasteiger partial charge >= 0.3 is 6.09 Å². The molecule has 0 spiro atoms. The number of hydrogen-bond donors (Lipinski definition) is 3. The second-order valence-corrected chi connectivity index (χ2v) is 7.50. The van der Waals surface area contributed by atoms with E-state index in [2.05, 4.69) is 26.6 Å². The summed E-state index contributed by atoms with van der Waals surface area (Å²) in [6, 6.07) is 2.73. The lowest BCUT2D eigenvalue weighted by atomic mass is 10.0. The molecule has 0 radical (unpaired) electrons. The van der Waals surface area contributed by atoms with Gasteiger partial charge < -0.3 is 20.5 Å². The van der Waals surface area contributed by atoms with Gasteiger partial charge in [-0.1, -0.05) is 18.5 Å². The van der Waals surface area contributed by atoms with Crippen molar-refractivity contribution >= 4 is 39.5 Å². The van der Waals surface area contributed by atoms with Gasteiger partial charge in [-0.15, -0.1) is 0 Å². The molecule has 0 saturated carbocycles. The quantitative estimate of drug-likeness (QED) is 0.673. The van der Waals surface area contributed by atoms with Gasteiger partial charge in [0, 0.05) is 10.6 Å². The predicted molar refractivity (Wildman–Crippen MR) is 96.2 cm³/mol. The zero-order valence-corrected chi connectivity index (χ0v) is 16.4. The Morgan fingerprint density at radius 3 is 2.54 bits per heavy atom. The molecule has 8 heteroatoms. The van der Waals surface area contributed by atoms with Crippen molar-refractivity contribution < 1.29 is 19.4 Å². The molecule has 0 bridgehead atoms. The highest BCUT2D eigenvalue weighted by Crippen LogP contribution is 2.36. The summed E-state index contributed by atoms with van der Waals surface area (Å²) in [5, 5.41) is 15.7. The molecule has 24 heavy (non-hydrogen) atoms. The number of halogens is 2. The molecule has 1 aromatic rings. The number of rotatable bonds is 5. The molecule has 1 aromatic carbocycles. The van der Waals surface area contributed by atoms with Gasteiger partial charge in [-0.05, 0) is 55.3 Å². The first-order valence-corrected chi connectivity index (χ1v) is 8.64. The van der Waals surface area contributed by atoms with Gasteiger partial charge in [0.25, 0.3) is 0 Å². The summed E-state index contributed by atoms with van der Waals surface area (Å²) in [7, 11) is 0. The Labute approximate surface area is 155 Å². The number of aromatic hydroxyl groups is 1. The molecule has 3 N–H and O–H groups in total. The van der Waals surface area contributed by atoms with Crippen molar-refractivity contribution in [3.63, 3.8) is 0 Å². The summed E-state index contributed by atoms with van der Waals surface area (Å²) in [5.74, 6) is -0.380. The topological polar surface area (TPSA) is 87.7 Å². The number of nitrogens with one attached hydrogen (secondary N) is 2. The van der Waals surface area contributed by atoms with Gasteiger partial charge in [-0.2, -0.15) is 0 Å². The number of amides is 2. The van der Waals surface area contributed by atoms with Crippen LogP contribution in [0.3, 0.4) is 0 Å². The van der Waals surface area contributed by atoms with Crippen LogP contribution < -0.4 is 10.6 Å². The van der Waals surface area contributed by atoms with Gasteiger partial charge in [0.2, 0.25) is 5.91 Å².